The number of thiophene rings is 1. The van der Waals surface area contributed by atoms with Crippen LogP contribution in [0, 0.1) is 5.92 Å². The largest absolute Gasteiger partial charge is 0.396 e. The van der Waals surface area contributed by atoms with Gasteiger partial charge in [-0.1, -0.05) is 0 Å². The molecule has 5 nitrogen and oxygen atoms in total. The fourth-order valence-corrected chi connectivity index (χ4v) is 3.40. The molecule has 0 unspecified atom stereocenters. The van der Waals surface area contributed by atoms with Gasteiger partial charge in [-0.2, -0.15) is 0 Å². The van der Waals surface area contributed by atoms with Crippen LogP contribution in [0.3, 0.4) is 0 Å². The lowest BCUT2D eigenvalue weighted by Crippen LogP contribution is -2.24. The van der Waals surface area contributed by atoms with Crippen LogP contribution in [0.4, 0.5) is 5.00 Å². The van der Waals surface area contributed by atoms with E-state index in [4.69, 9.17) is 16.6 Å². The summed E-state index contributed by atoms with van der Waals surface area (Å²) >= 11 is 1.13. The van der Waals surface area contributed by atoms with Gasteiger partial charge in [-0.3, -0.25) is 9.59 Å². The van der Waals surface area contributed by atoms with E-state index in [2.05, 4.69) is 0 Å². The van der Waals surface area contributed by atoms with Gasteiger partial charge in [-0.05, 0) is 24.8 Å². The Labute approximate surface area is 102 Å². The molecule has 0 saturated carbocycles. The number of hydrogen-bond donors (Lipinski definition) is 3. The molecular weight excluding hydrogens is 240 g/mol. The summed E-state index contributed by atoms with van der Waals surface area (Å²) in [5.74, 6) is -0.760. The van der Waals surface area contributed by atoms with Crippen LogP contribution in [0.15, 0.2) is 0 Å². The zero-order chi connectivity index (χ0) is 12.6. The van der Waals surface area contributed by atoms with Crippen molar-refractivity contribution in [3.63, 3.8) is 0 Å². The number of carbonyl (C=O) groups is 2. The lowest BCUT2D eigenvalue weighted by Gasteiger charge is -2.20. The van der Waals surface area contributed by atoms with E-state index in [1.807, 2.05) is 0 Å². The van der Waals surface area contributed by atoms with Gasteiger partial charge in [0.15, 0.2) is 5.78 Å². The van der Waals surface area contributed by atoms with Crippen molar-refractivity contribution < 1.29 is 14.7 Å². The van der Waals surface area contributed by atoms with E-state index in [0.717, 1.165) is 11.3 Å². The molecular formula is C11H14N2O3S. The first-order valence-corrected chi connectivity index (χ1v) is 6.24. The number of aliphatic hydroxyl groups is 1. The number of amides is 1. The van der Waals surface area contributed by atoms with Crippen molar-refractivity contribution >= 4 is 28.0 Å². The van der Waals surface area contributed by atoms with Gasteiger partial charge in [-0.25, -0.2) is 0 Å². The normalized spacial score (nSPS) is 19.1. The summed E-state index contributed by atoms with van der Waals surface area (Å²) < 4.78 is 0. The highest BCUT2D eigenvalue weighted by Crippen LogP contribution is 2.38. The maximum Gasteiger partial charge on any atom is 0.251 e. The van der Waals surface area contributed by atoms with Crippen LogP contribution in [0.1, 0.15) is 38.4 Å². The summed E-state index contributed by atoms with van der Waals surface area (Å²) in [7, 11) is 0. The fourth-order valence-electron chi connectivity index (χ4n) is 2.26. The summed E-state index contributed by atoms with van der Waals surface area (Å²) in [6, 6.07) is 0. The third kappa shape index (κ3) is 1.94. The predicted molar refractivity (Wildman–Crippen MR) is 65.1 cm³/mol. The number of primary amides is 1. The third-order valence-electron chi connectivity index (χ3n) is 3.10. The number of rotatable bonds is 3. The lowest BCUT2D eigenvalue weighted by molar-refractivity contribution is 0.0880. The minimum Gasteiger partial charge on any atom is -0.396 e. The first-order valence-electron chi connectivity index (χ1n) is 5.42. The van der Waals surface area contributed by atoms with Crippen molar-refractivity contribution in [1.82, 2.24) is 0 Å². The molecule has 1 amide bonds. The van der Waals surface area contributed by atoms with Crippen LogP contribution in [0.5, 0.6) is 0 Å². The van der Waals surface area contributed by atoms with Crippen molar-refractivity contribution in [1.29, 1.82) is 0 Å². The smallest absolute Gasteiger partial charge is 0.251 e. The SMILES string of the molecule is NC(=O)c1c(N)sc2c1CC[C@H](CCO)C2=O. The maximum atomic E-state index is 12.1. The van der Waals surface area contributed by atoms with E-state index in [0.29, 0.717) is 40.3 Å². The van der Waals surface area contributed by atoms with Crippen molar-refractivity contribution in [2.24, 2.45) is 11.7 Å². The molecule has 6 heteroatoms. The Morgan fingerprint density at radius 3 is 2.82 bits per heavy atom. The highest BCUT2D eigenvalue weighted by Gasteiger charge is 2.32. The summed E-state index contributed by atoms with van der Waals surface area (Å²) in [4.78, 5) is 23.9. The number of nitrogens with two attached hydrogens (primary N) is 2. The summed E-state index contributed by atoms with van der Waals surface area (Å²) in [6.45, 7) is -0.00469. The summed E-state index contributed by atoms with van der Waals surface area (Å²) in [5.41, 5.74) is 12.0. The predicted octanol–water partition coefficient (Wildman–Crippen LogP) is 0.557. The minimum atomic E-state index is -0.576. The molecule has 92 valence electrons. The monoisotopic (exact) mass is 254 g/mol. The average Bonchev–Trinajstić information content (AvgIpc) is 2.60. The standard InChI is InChI=1S/C11H14N2O3S/c12-10(16)7-6-2-1-5(3-4-14)8(15)9(6)17-11(7)13/h5,14H,1-4,13H2,(H2,12,16)/t5-/m1/s1. The molecule has 0 aliphatic heterocycles. The number of anilines is 1. The number of fused-ring (bicyclic) bond motifs is 1. The molecule has 0 saturated heterocycles. The zero-order valence-electron chi connectivity index (χ0n) is 9.23. The first-order chi connectivity index (χ1) is 8.06. The summed E-state index contributed by atoms with van der Waals surface area (Å²) in [6.07, 6.45) is 1.72. The van der Waals surface area contributed by atoms with E-state index >= 15 is 0 Å². The highest BCUT2D eigenvalue weighted by molar-refractivity contribution is 7.18. The van der Waals surface area contributed by atoms with Gasteiger partial charge in [0.05, 0.1) is 15.4 Å². The number of ketones is 1. The number of nitrogen functional groups attached to an aromatic ring is 1. The number of Topliss-reactive ketones (excluding diaryl/α,β-unsaturated/α-hetero) is 1. The quantitative estimate of drug-likeness (QED) is 0.732. The molecule has 0 aromatic carbocycles. The third-order valence-corrected chi connectivity index (χ3v) is 4.17. The van der Waals surface area contributed by atoms with E-state index in [1.54, 1.807) is 0 Å². The Balaban J connectivity index is 2.42. The molecule has 2 rings (SSSR count). The Morgan fingerprint density at radius 1 is 1.53 bits per heavy atom. The summed E-state index contributed by atoms with van der Waals surface area (Å²) in [5, 5.41) is 9.20. The van der Waals surface area contributed by atoms with Crippen LogP contribution >= 0.6 is 11.3 Å². The number of carbonyl (C=O) groups excluding carboxylic acids is 2. The molecule has 0 fully saturated rings. The van der Waals surface area contributed by atoms with Crippen LogP contribution in [-0.4, -0.2) is 23.4 Å². The molecule has 0 spiro atoms. The van der Waals surface area contributed by atoms with Gasteiger partial charge >= 0.3 is 0 Å². The van der Waals surface area contributed by atoms with Crippen LogP contribution in [0.25, 0.3) is 0 Å². The first kappa shape index (κ1) is 12.1. The Kier molecular flexibility index (Phi) is 3.17. The molecule has 1 atom stereocenters. The minimum absolute atomic E-state index is 0.00469. The topological polar surface area (TPSA) is 106 Å². The van der Waals surface area contributed by atoms with Crippen molar-refractivity contribution in [3.8, 4) is 0 Å². The van der Waals surface area contributed by atoms with Crippen LogP contribution in [-0.2, 0) is 6.42 Å². The van der Waals surface area contributed by atoms with Crippen LogP contribution < -0.4 is 11.5 Å². The van der Waals surface area contributed by atoms with Crippen molar-refractivity contribution in [2.75, 3.05) is 12.3 Å². The van der Waals surface area contributed by atoms with Gasteiger partial charge in [0.25, 0.3) is 5.91 Å². The molecule has 0 bridgehead atoms. The van der Waals surface area contributed by atoms with Gasteiger partial charge < -0.3 is 16.6 Å². The van der Waals surface area contributed by atoms with E-state index in [1.165, 1.54) is 0 Å². The van der Waals surface area contributed by atoms with Crippen LogP contribution in [0.2, 0.25) is 0 Å². The molecule has 1 heterocycles. The molecule has 1 aliphatic carbocycles. The zero-order valence-corrected chi connectivity index (χ0v) is 10.0. The number of aliphatic hydroxyl groups excluding tert-OH is 1. The van der Waals surface area contributed by atoms with E-state index in [9.17, 15) is 9.59 Å². The Morgan fingerprint density at radius 2 is 2.24 bits per heavy atom. The van der Waals surface area contributed by atoms with Gasteiger partial charge in [0.2, 0.25) is 0 Å². The Bertz CT molecular complexity index is 481. The molecule has 1 aliphatic rings. The molecule has 1 aromatic rings. The van der Waals surface area contributed by atoms with E-state index < -0.39 is 5.91 Å². The van der Waals surface area contributed by atoms with Gasteiger partial charge in [0.1, 0.15) is 0 Å². The van der Waals surface area contributed by atoms with Crippen molar-refractivity contribution in [3.05, 3.63) is 16.0 Å². The van der Waals surface area contributed by atoms with Gasteiger partial charge in [0, 0.05) is 12.5 Å². The molecule has 5 N–H and O–H groups in total. The van der Waals surface area contributed by atoms with Crippen molar-refractivity contribution in [2.45, 2.75) is 19.3 Å². The fraction of sp³-hybridized carbons (Fsp3) is 0.455. The molecule has 17 heavy (non-hydrogen) atoms. The second-order valence-electron chi connectivity index (χ2n) is 4.13. The van der Waals surface area contributed by atoms with E-state index in [-0.39, 0.29) is 18.3 Å². The maximum absolute atomic E-state index is 12.1. The second-order valence-corrected chi connectivity index (χ2v) is 5.18. The lowest BCUT2D eigenvalue weighted by atomic mass is 9.84. The molecule has 1 aromatic heterocycles. The molecule has 0 radical (unpaired) electrons. The van der Waals surface area contributed by atoms with Gasteiger partial charge in [-0.15, -0.1) is 11.3 Å². The average molecular weight is 254 g/mol. The highest BCUT2D eigenvalue weighted by atomic mass is 32.1. The Hall–Kier alpha value is -1.40. The number of hydrogen-bond acceptors (Lipinski definition) is 5. The second kappa shape index (κ2) is 4.46.